The Morgan fingerprint density at radius 1 is 1.12 bits per heavy atom. The monoisotopic (exact) mass is 383 g/mol. The third-order valence-corrected chi connectivity index (χ3v) is 4.84. The Morgan fingerprint density at radius 2 is 1.88 bits per heavy atom. The second-order valence-electron chi connectivity index (χ2n) is 5.18. The van der Waals surface area contributed by atoms with Crippen molar-refractivity contribution >= 4 is 10.0 Å². The SMILES string of the molecule is O=S(=O)(NCc1cn(-c2cccnc2)nn1)c1ccccc1C(F)(F)F. The molecule has 2 heterocycles. The first-order chi connectivity index (χ1) is 12.3. The molecule has 1 N–H and O–H groups in total. The molecule has 0 radical (unpaired) electrons. The van der Waals surface area contributed by atoms with E-state index in [1.807, 2.05) is 0 Å². The number of rotatable bonds is 5. The molecule has 0 atom stereocenters. The van der Waals surface area contributed by atoms with Gasteiger partial charge in [-0.1, -0.05) is 17.3 Å². The van der Waals surface area contributed by atoms with Crippen molar-refractivity contribution in [3.63, 3.8) is 0 Å². The number of hydrogen-bond acceptors (Lipinski definition) is 5. The highest BCUT2D eigenvalue weighted by molar-refractivity contribution is 7.89. The molecule has 11 heteroatoms. The Morgan fingerprint density at radius 3 is 2.58 bits per heavy atom. The summed E-state index contributed by atoms with van der Waals surface area (Å²) in [5.41, 5.74) is -0.384. The molecule has 7 nitrogen and oxygen atoms in total. The maximum absolute atomic E-state index is 13.0. The van der Waals surface area contributed by atoms with Gasteiger partial charge in [0.05, 0.1) is 40.8 Å². The Bertz CT molecular complexity index is 1000. The molecule has 0 aliphatic carbocycles. The zero-order valence-electron chi connectivity index (χ0n) is 13.1. The molecule has 0 fully saturated rings. The fraction of sp³-hybridized carbons (Fsp3) is 0.133. The lowest BCUT2D eigenvalue weighted by Crippen LogP contribution is -2.26. The Kier molecular flexibility index (Phi) is 4.74. The van der Waals surface area contributed by atoms with Crippen LogP contribution in [0.5, 0.6) is 0 Å². The lowest BCUT2D eigenvalue weighted by molar-refractivity contribution is -0.139. The molecule has 0 unspecified atom stereocenters. The molecule has 0 spiro atoms. The Balaban J connectivity index is 1.79. The molecule has 2 aromatic heterocycles. The largest absolute Gasteiger partial charge is 0.417 e. The van der Waals surface area contributed by atoms with Gasteiger partial charge in [-0.2, -0.15) is 13.2 Å². The van der Waals surface area contributed by atoms with E-state index in [-0.39, 0.29) is 12.2 Å². The Hall–Kier alpha value is -2.79. The Labute approximate surface area is 146 Å². The topological polar surface area (TPSA) is 89.8 Å². The molecule has 3 rings (SSSR count). The van der Waals surface area contributed by atoms with Crippen LogP contribution in [0.2, 0.25) is 0 Å². The zero-order valence-corrected chi connectivity index (χ0v) is 13.9. The number of alkyl halides is 3. The summed E-state index contributed by atoms with van der Waals surface area (Å²) in [7, 11) is -4.39. The van der Waals surface area contributed by atoms with Crippen LogP contribution in [0.1, 0.15) is 11.3 Å². The molecule has 1 aromatic carbocycles. The van der Waals surface area contributed by atoms with Crippen molar-refractivity contribution in [3.05, 3.63) is 66.2 Å². The van der Waals surface area contributed by atoms with Crippen molar-refractivity contribution in [2.45, 2.75) is 17.6 Å². The number of nitrogens with one attached hydrogen (secondary N) is 1. The molecule has 0 aliphatic heterocycles. The van der Waals surface area contributed by atoms with E-state index >= 15 is 0 Å². The van der Waals surface area contributed by atoms with Crippen molar-refractivity contribution in [1.82, 2.24) is 24.7 Å². The van der Waals surface area contributed by atoms with Gasteiger partial charge in [0.2, 0.25) is 10.0 Å². The number of nitrogens with zero attached hydrogens (tertiary/aromatic N) is 4. The number of hydrogen-bond donors (Lipinski definition) is 1. The van der Waals surface area contributed by atoms with Crippen LogP contribution in [-0.2, 0) is 22.7 Å². The number of sulfonamides is 1. The molecule has 0 aliphatic rings. The van der Waals surface area contributed by atoms with Crippen LogP contribution in [-0.4, -0.2) is 28.4 Å². The van der Waals surface area contributed by atoms with Gasteiger partial charge in [0.1, 0.15) is 0 Å². The summed E-state index contributed by atoms with van der Waals surface area (Å²) < 4.78 is 67.1. The standard InChI is InChI=1S/C15H12F3N5O2S/c16-15(17,18)13-5-1-2-6-14(13)26(24,25)20-8-11-10-23(22-21-11)12-4-3-7-19-9-12/h1-7,9-10,20H,8H2. The first-order valence-corrected chi connectivity index (χ1v) is 8.73. The average Bonchev–Trinajstić information content (AvgIpc) is 3.09. The minimum Gasteiger partial charge on any atom is -0.262 e. The van der Waals surface area contributed by atoms with Crippen LogP contribution < -0.4 is 4.72 Å². The number of pyridine rings is 1. The van der Waals surface area contributed by atoms with Crippen molar-refractivity contribution < 1.29 is 21.6 Å². The fourth-order valence-electron chi connectivity index (χ4n) is 2.18. The van der Waals surface area contributed by atoms with Gasteiger partial charge in [-0.15, -0.1) is 5.10 Å². The molecule has 26 heavy (non-hydrogen) atoms. The molecule has 0 saturated carbocycles. The third kappa shape index (κ3) is 3.89. The first-order valence-electron chi connectivity index (χ1n) is 7.25. The number of halogens is 3. The normalized spacial score (nSPS) is 12.3. The van der Waals surface area contributed by atoms with Crippen molar-refractivity contribution in [2.24, 2.45) is 0 Å². The molecule has 0 saturated heterocycles. The van der Waals surface area contributed by atoms with Gasteiger partial charge in [-0.25, -0.2) is 17.8 Å². The second-order valence-corrected chi connectivity index (χ2v) is 6.92. The molecule has 0 amide bonds. The predicted molar refractivity (Wildman–Crippen MR) is 84.6 cm³/mol. The minimum absolute atomic E-state index is 0.238. The average molecular weight is 383 g/mol. The van der Waals surface area contributed by atoms with Crippen molar-refractivity contribution in [3.8, 4) is 5.69 Å². The van der Waals surface area contributed by atoms with Crippen LogP contribution in [0.25, 0.3) is 5.69 Å². The highest BCUT2D eigenvalue weighted by atomic mass is 32.2. The van der Waals surface area contributed by atoms with E-state index in [9.17, 15) is 21.6 Å². The van der Waals surface area contributed by atoms with Gasteiger partial charge in [-0.3, -0.25) is 4.98 Å². The summed E-state index contributed by atoms with van der Waals surface area (Å²) in [6, 6.07) is 7.37. The van der Waals surface area contributed by atoms with Crippen LogP contribution in [0.4, 0.5) is 13.2 Å². The van der Waals surface area contributed by atoms with Gasteiger partial charge < -0.3 is 0 Å². The summed E-state index contributed by atoms with van der Waals surface area (Å²) in [5.74, 6) is 0. The zero-order chi connectivity index (χ0) is 18.8. The van der Waals surface area contributed by atoms with E-state index in [0.717, 1.165) is 12.1 Å². The van der Waals surface area contributed by atoms with Gasteiger partial charge in [0.15, 0.2) is 0 Å². The van der Waals surface area contributed by atoms with Crippen LogP contribution in [0.15, 0.2) is 59.9 Å². The maximum Gasteiger partial charge on any atom is 0.417 e. The third-order valence-electron chi connectivity index (χ3n) is 3.38. The molecule has 3 aromatic rings. The summed E-state index contributed by atoms with van der Waals surface area (Å²) >= 11 is 0. The van der Waals surface area contributed by atoms with Crippen molar-refractivity contribution in [1.29, 1.82) is 0 Å². The highest BCUT2D eigenvalue weighted by Crippen LogP contribution is 2.33. The minimum atomic E-state index is -4.78. The van der Waals surface area contributed by atoms with E-state index in [1.165, 1.54) is 23.1 Å². The lowest BCUT2D eigenvalue weighted by atomic mass is 10.2. The summed E-state index contributed by atoms with van der Waals surface area (Å²) in [6.07, 6.45) is -0.222. The van der Waals surface area contributed by atoms with Gasteiger partial charge in [0.25, 0.3) is 0 Å². The molecular weight excluding hydrogens is 371 g/mol. The molecular formula is C15H12F3N5O2S. The van der Waals surface area contributed by atoms with Crippen molar-refractivity contribution in [2.75, 3.05) is 0 Å². The second kappa shape index (κ2) is 6.84. The smallest absolute Gasteiger partial charge is 0.262 e. The van der Waals surface area contributed by atoms with E-state index in [4.69, 9.17) is 0 Å². The summed E-state index contributed by atoms with van der Waals surface area (Å²) in [4.78, 5) is 3.08. The van der Waals surface area contributed by atoms with E-state index < -0.39 is 26.7 Å². The maximum atomic E-state index is 13.0. The highest BCUT2D eigenvalue weighted by Gasteiger charge is 2.36. The van der Waals surface area contributed by atoms with E-state index in [0.29, 0.717) is 11.8 Å². The summed E-state index contributed by atoms with van der Waals surface area (Å²) in [6.45, 7) is -0.311. The summed E-state index contributed by atoms with van der Waals surface area (Å²) in [5, 5.41) is 7.63. The fourth-order valence-corrected chi connectivity index (χ4v) is 3.40. The van der Waals surface area contributed by atoms with Crippen LogP contribution in [0.3, 0.4) is 0 Å². The van der Waals surface area contributed by atoms with Gasteiger partial charge in [0, 0.05) is 6.20 Å². The van der Waals surface area contributed by atoms with Gasteiger partial charge in [-0.05, 0) is 24.3 Å². The molecule has 136 valence electrons. The van der Waals surface area contributed by atoms with Gasteiger partial charge >= 0.3 is 6.18 Å². The lowest BCUT2D eigenvalue weighted by Gasteiger charge is -2.13. The number of aromatic nitrogens is 4. The van der Waals surface area contributed by atoms with E-state index in [1.54, 1.807) is 18.3 Å². The predicted octanol–water partition coefficient (Wildman–Crippen LogP) is 2.16. The van der Waals surface area contributed by atoms with E-state index in [2.05, 4.69) is 20.0 Å². The quantitative estimate of drug-likeness (QED) is 0.729. The number of benzene rings is 1. The van der Waals surface area contributed by atoms with Crippen LogP contribution >= 0.6 is 0 Å². The first kappa shape index (κ1) is 18.0. The van der Waals surface area contributed by atoms with Crippen LogP contribution in [0, 0.1) is 0 Å². The molecule has 0 bridgehead atoms.